The maximum Gasteiger partial charge on any atom is 0.404 e. The first-order chi connectivity index (χ1) is 8.44. The Morgan fingerprint density at radius 3 is 1.89 bits per heavy atom. The molecule has 0 aliphatic rings. The van der Waals surface area contributed by atoms with Crippen LogP contribution in [-0.2, 0) is 5.41 Å². The zero-order valence-electron chi connectivity index (χ0n) is 10.0. The Balaban J connectivity index is 2.86. The van der Waals surface area contributed by atoms with Crippen molar-refractivity contribution in [1.29, 1.82) is 0 Å². The SMILES string of the molecule is CC(CNC(=O)O)(CNC(=O)O)c1ccccc1. The van der Waals surface area contributed by atoms with E-state index in [1.54, 1.807) is 6.92 Å². The molecule has 0 aliphatic heterocycles. The molecule has 1 aromatic carbocycles. The van der Waals surface area contributed by atoms with Gasteiger partial charge in [-0.05, 0) is 5.56 Å². The summed E-state index contributed by atoms with van der Waals surface area (Å²) < 4.78 is 0. The highest BCUT2D eigenvalue weighted by Crippen LogP contribution is 2.22. The molecule has 0 aromatic heterocycles. The highest BCUT2D eigenvalue weighted by Gasteiger charge is 2.27. The van der Waals surface area contributed by atoms with Crippen LogP contribution in [0.5, 0.6) is 0 Å². The summed E-state index contributed by atoms with van der Waals surface area (Å²) in [5.41, 5.74) is 0.241. The van der Waals surface area contributed by atoms with E-state index in [0.29, 0.717) is 0 Å². The summed E-state index contributed by atoms with van der Waals surface area (Å²) in [5, 5.41) is 21.9. The van der Waals surface area contributed by atoms with Crippen LogP contribution in [0.2, 0.25) is 0 Å². The van der Waals surface area contributed by atoms with E-state index >= 15 is 0 Å². The van der Waals surface area contributed by atoms with Gasteiger partial charge in [-0.25, -0.2) is 9.59 Å². The number of rotatable bonds is 5. The first kappa shape index (κ1) is 13.8. The van der Waals surface area contributed by atoms with Crippen LogP contribution in [0.25, 0.3) is 0 Å². The highest BCUT2D eigenvalue weighted by atomic mass is 16.4. The second-order valence-electron chi connectivity index (χ2n) is 4.24. The largest absolute Gasteiger partial charge is 0.465 e. The molecule has 1 rings (SSSR count). The highest BCUT2D eigenvalue weighted by molar-refractivity contribution is 5.65. The van der Waals surface area contributed by atoms with Crippen LogP contribution < -0.4 is 10.6 Å². The second kappa shape index (κ2) is 5.90. The average Bonchev–Trinajstić information content (AvgIpc) is 2.35. The minimum atomic E-state index is -1.13. The summed E-state index contributed by atoms with van der Waals surface area (Å²) in [6.07, 6.45) is -2.26. The molecule has 0 unspecified atom stereocenters. The van der Waals surface area contributed by atoms with Gasteiger partial charge < -0.3 is 20.8 Å². The predicted molar refractivity (Wildman–Crippen MR) is 65.8 cm³/mol. The van der Waals surface area contributed by atoms with E-state index in [9.17, 15) is 9.59 Å². The van der Waals surface area contributed by atoms with Crippen molar-refractivity contribution in [3.05, 3.63) is 35.9 Å². The number of hydrogen-bond acceptors (Lipinski definition) is 2. The third-order valence-electron chi connectivity index (χ3n) is 2.73. The van der Waals surface area contributed by atoms with Crippen LogP contribution in [0.3, 0.4) is 0 Å². The van der Waals surface area contributed by atoms with Gasteiger partial charge in [0, 0.05) is 18.5 Å². The summed E-state index contributed by atoms with van der Waals surface area (Å²) >= 11 is 0. The quantitative estimate of drug-likeness (QED) is 0.637. The molecule has 6 nitrogen and oxygen atoms in total. The monoisotopic (exact) mass is 252 g/mol. The lowest BCUT2D eigenvalue weighted by Gasteiger charge is -2.29. The normalized spacial score (nSPS) is 10.7. The molecule has 0 bridgehead atoms. The molecular formula is C12H16N2O4. The molecule has 18 heavy (non-hydrogen) atoms. The van der Waals surface area contributed by atoms with Gasteiger partial charge >= 0.3 is 12.2 Å². The molecule has 0 saturated heterocycles. The van der Waals surface area contributed by atoms with Gasteiger partial charge in [-0.3, -0.25) is 0 Å². The minimum absolute atomic E-state index is 0.132. The fraction of sp³-hybridized carbons (Fsp3) is 0.333. The molecule has 2 amide bonds. The third-order valence-corrected chi connectivity index (χ3v) is 2.73. The molecule has 0 heterocycles. The van der Waals surface area contributed by atoms with Crippen molar-refractivity contribution < 1.29 is 19.8 Å². The predicted octanol–water partition coefficient (Wildman–Crippen LogP) is 1.48. The standard InChI is InChI=1S/C12H16N2O4/c1-12(7-13-10(15)16,8-14-11(17)18)9-5-3-2-4-6-9/h2-6,13-14H,7-8H2,1H3,(H,15,16)(H,17,18). The molecule has 0 aliphatic carbocycles. The molecule has 0 spiro atoms. The van der Waals surface area contributed by atoms with Gasteiger partial charge in [0.1, 0.15) is 0 Å². The summed E-state index contributed by atoms with van der Waals surface area (Å²) in [4.78, 5) is 21.1. The van der Waals surface area contributed by atoms with E-state index in [1.807, 2.05) is 30.3 Å². The van der Waals surface area contributed by atoms with Crippen molar-refractivity contribution >= 4 is 12.2 Å². The van der Waals surface area contributed by atoms with Crippen molar-refractivity contribution in [2.75, 3.05) is 13.1 Å². The Hall–Kier alpha value is -2.24. The second-order valence-corrected chi connectivity index (χ2v) is 4.24. The summed E-state index contributed by atoms with van der Waals surface area (Å²) in [5.74, 6) is 0. The van der Waals surface area contributed by atoms with Gasteiger partial charge in [-0.2, -0.15) is 0 Å². The molecule has 0 atom stereocenters. The first-order valence-electron chi connectivity index (χ1n) is 5.43. The smallest absolute Gasteiger partial charge is 0.404 e. The maximum atomic E-state index is 10.6. The van der Waals surface area contributed by atoms with Gasteiger partial charge in [-0.1, -0.05) is 37.3 Å². The number of carboxylic acid groups (broad SMARTS) is 2. The van der Waals surface area contributed by atoms with E-state index in [1.165, 1.54) is 0 Å². The van der Waals surface area contributed by atoms with E-state index < -0.39 is 17.6 Å². The van der Waals surface area contributed by atoms with Gasteiger partial charge in [0.25, 0.3) is 0 Å². The molecular weight excluding hydrogens is 236 g/mol. The number of nitrogens with one attached hydrogen (secondary N) is 2. The van der Waals surface area contributed by atoms with Crippen molar-refractivity contribution in [2.45, 2.75) is 12.3 Å². The Morgan fingerprint density at radius 1 is 1.06 bits per heavy atom. The topological polar surface area (TPSA) is 98.7 Å². The van der Waals surface area contributed by atoms with Crippen molar-refractivity contribution in [2.24, 2.45) is 0 Å². The number of benzene rings is 1. The third kappa shape index (κ3) is 3.97. The van der Waals surface area contributed by atoms with E-state index in [0.717, 1.165) is 5.56 Å². The summed E-state index contributed by atoms with van der Waals surface area (Å²) in [7, 11) is 0. The van der Waals surface area contributed by atoms with E-state index in [-0.39, 0.29) is 13.1 Å². The van der Waals surface area contributed by atoms with Crippen LogP contribution >= 0.6 is 0 Å². The lowest BCUT2D eigenvalue weighted by Crippen LogP contribution is -2.46. The number of amides is 2. The van der Waals surface area contributed by atoms with Crippen molar-refractivity contribution in [3.63, 3.8) is 0 Å². The van der Waals surface area contributed by atoms with Crippen LogP contribution in [0.1, 0.15) is 12.5 Å². The molecule has 0 saturated carbocycles. The first-order valence-corrected chi connectivity index (χ1v) is 5.43. The molecule has 6 heteroatoms. The average molecular weight is 252 g/mol. The Bertz CT molecular complexity index is 401. The van der Waals surface area contributed by atoms with Gasteiger partial charge in [-0.15, -0.1) is 0 Å². The minimum Gasteiger partial charge on any atom is -0.465 e. The summed E-state index contributed by atoms with van der Waals surface area (Å²) in [6, 6.07) is 9.18. The van der Waals surface area contributed by atoms with Gasteiger partial charge in [0.05, 0.1) is 0 Å². The van der Waals surface area contributed by atoms with Gasteiger partial charge in [0.2, 0.25) is 0 Å². The van der Waals surface area contributed by atoms with E-state index in [4.69, 9.17) is 10.2 Å². The van der Waals surface area contributed by atoms with Gasteiger partial charge in [0.15, 0.2) is 0 Å². The Labute approximate surface area is 105 Å². The number of carbonyl (C=O) groups is 2. The van der Waals surface area contributed by atoms with Crippen LogP contribution in [0, 0.1) is 0 Å². The lowest BCUT2D eigenvalue weighted by molar-refractivity contribution is 0.187. The molecule has 4 N–H and O–H groups in total. The molecule has 98 valence electrons. The Kier molecular flexibility index (Phi) is 4.53. The fourth-order valence-electron chi connectivity index (χ4n) is 1.65. The van der Waals surface area contributed by atoms with Crippen LogP contribution in [-0.4, -0.2) is 35.5 Å². The van der Waals surface area contributed by atoms with Crippen LogP contribution in [0.4, 0.5) is 9.59 Å². The Morgan fingerprint density at radius 2 is 1.50 bits per heavy atom. The maximum absolute atomic E-state index is 10.6. The molecule has 0 fully saturated rings. The molecule has 0 radical (unpaired) electrons. The summed E-state index contributed by atoms with van der Waals surface area (Å²) in [6.45, 7) is 2.06. The number of hydrogen-bond donors (Lipinski definition) is 4. The van der Waals surface area contributed by atoms with Crippen molar-refractivity contribution in [3.8, 4) is 0 Å². The lowest BCUT2D eigenvalue weighted by atomic mass is 9.82. The van der Waals surface area contributed by atoms with Crippen molar-refractivity contribution in [1.82, 2.24) is 10.6 Å². The zero-order valence-corrected chi connectivity index (χ0v) is 10.0. The van der Waals surface area contributed by atoms with Crippen LogP contribution in [0.15, 0.2) is 30.3 Å². The zero-order chi connectivity index (χ0) is 13.6. The fourth-order valence-corrected chi connectivity index (χ4v) is 1.65. The molecule has 1 aromatic rings. The van der Waals surface area contributed by atoms with E-state index in [2.05, 4.69) is 10.6 Å².